The normalized spacial score (nSPS) is 14.1. The minimum absolute atomic E-state index is 0.141. The highest BCUT2D eigenvalue weighted by molar-refractivity contribution is 7.91. The van der Waals surface area contributed by atoms with E-state index in [1.165, 1.54) is 10.9 Å². The number of aliphatic hydroxyl groups is 1. The lowest BCUT2D eigenvalue weighted by molar-refractivity contribution is -0.274. The molecule has 0 spiro atoms. The molecule has 1 aromatic heterocycles. The molecule has 17 heteroatoms. The quantitative estimate of drug-likeness (QED) is 0.343. The summed E-state index contributed by atoms with van der Waals surface area (Å²) < 4.78 is 103. The largest absolute Gasteiger partial charge is 0.573 e. The number of amides is 2. The van der Waals surface area contributed by atoms with Gasteiger partial charge in [-0.1, -0.05) is 0 Å². The zero-order valence-electron chi connectivity index (χ0n) is 16.7. The number of pyridine rings is 1. The van der Waals surface area contributed by atoms with Crippen molar-refractivity contribution in [2.45, 2.75) is 34.9 Å². The molecule has 2 aromatic rings. The average Bonchev–Trinajstić information content (AvgIpc) is 2.69. The molecule has 34 heavy (non-hydrogen) atoms. The Hall–Kier alpha value is -3.60. The van der Waals surface area contributed by atoms with Crippen LogP contribution in [-0.4, -0.2) is 48.5 Å². The zero-order chi connectivity index (χ0) is 26.1. The van der Waals surface area contributed by atoms with Gasteiger partial charge >= 0.3 is 12.5 Å². The number of hydrogen-bond donors (Lipinski definition) is 4. The first-order valence-corrected chi connectivity index (χ1v) is 10.1. The average molecular weight is 516 g/mol. The molecule has 2 rings (SSSR count). The summed E-state index contributed by atoms with van der Waals surface area (Å²) in [4.78, 5) is 26.0. The number of benzene rings is 1. The maximum atomic E-state index is 12.6. The van der Waals surface area contributed by atoms with Gasteiger partial charge in [0.05, 0.1) is 15.5 Å². The third kappa shape index (κ3) is 5.84. The van der Waals surface area contributed by atoms with Gasteiger partial charge in [0, 0.05) is 6.20 Å². The van der Waals surface area contributed by atoms with Crippen LogP contribution in [0.1, 0.15) is 17.4 Å². The van der Waals surface area contributed by atoms with Gasteiger partial charge in [0.1, 0.15) is 5.75 Å². The van der Waals surface area contributed by atoms with E-state index in [1.807, 2.05) is 0 Å². The molecule has 5 N–H and O–H groups in total. The molecule has 0 aliphatic heterocycles. The van der Waals surface area contributed by atoms with Crippen LogP contribution in [0.2, 0.25) is 0 Å². The predicted octanol–water partition coefficient (Wildman–Crippen LogP) is 1.47. The number of sulfone groups is 1. The van der Waals surface area contributed by atoms with Gasteiger partial charge in [-0.2, -0.15) is 13.2 Å². The number of aromatic nitrogens is 1. The summed E-state index contributed by atoms with van der Waals surface area (Å²) in [6.45, 7) is 0.141. The second-order valence-corrected chi connectivity index (χ2v) is 8.56. The molecule has 1 aromatic carbocycles. The lowest BCUT2D eigenvalue weighted by Crippen LogP contribution is -2.58. The summed E-state index contributed by atoms with van der Waals surface area (Å²) in [5, 5.41) is 9.21. The highest BCUT2D eigenvalue weighted by Crippen LogP contribution is 2.30. The number of nitrogens with zero attached hydrogens (tertiary/aromatic N) is 1. The molecule has 186 valence electrons. The van der Waals surface area contributed by atoms with Crippen LogP contribution >= 0.6 is 0 Å². The van der Waals surface area contributed by atoms with Crippen molar-refractivity contribution in [3.05, 3.63) is 42.2 Å². The molecule has 0 saturated carbocycles. The van der Waals surface area contributed by atoms with Gasteiger partial charge in [-0.3, -0.25) is 20.4 Å². The predicted molar refractivity (Wildman–Crippen MR) is 99.5 cm³/mol. The van der Waals surface area contributed by atoms with Crippen LogP contribution in [0.3, 0.4) is 0 Å². The minimum Gasteiger partial charge on any atom is -0.406 e. The lowest BCUT2D eigenvalue weighted by atomic mass is 10.1. The topological polar surface area (TPSA) is 161 Å². The molecule has 0 aliphatic rings. The maximum Gasteiger partial charge on any atom is 0.573 e. The number of rotatable bonds is 5. The van der Waals surface area contributed by atoms with Gasteiger partial charge < -0.3 is 15.6 Å². The van der Waals surface area contributed by atoms with E-state index in [2.05, 4.69) is 9.72 Å². The SMILES string of the molecule is CC(O)(C(=O)NNC(=O)c1ncc(S(=O)(=O)c2ccc(OC(F)(F)F)cc2)cc1N)C(F)(F)F. The number of ether oxygens (including phenoxy) is 1. The number of alkyl halides is 6. The van der Waals surface area contributed by atoms with E-state index in [4.69, 9.17) is 5.73 Å². The van der Waals surface area contributed by atoms with Gasteiger partial charge in [-0.05, 0) is 37.3 Å². The van der Waals surface area contributed by atoms with Gasteiger partial charge in [-0.15, -0.1) is 13.2 Å². The Morgan fingerprint density at radius 2 is 1.59 bits per heavy atom. The molecule has 1 unspecified atom stereocenters. The van der Waals surface area contributed by atoms with Gasteiger partial charge in [0.25, 0.3) is 11.8 Å². The van der Waals surface area contributed by atoms with Crippen LogP contribution in [0.4, 0.5) is 32.0 Å². The fourth-order valence-corrected chi connectivity index (χ4v) is 3.42. The monoisotopic (exact) mass is 516 g/mol. The lowest BCUT2D eigenvalue weighted by Gasteiger charge is -2.24. The number of carbonyl (C=O) groups excluding carboxylic acids is 2. The smallest absolute Gasteiger partial charge is 0.406 e. The van der Waals surface area contributed by atoms with Crippen LogP contribution in [0.5, 0.6) is 5.75 Å². The summed E-state index contributed by atoms with van der Waals surface area (Å²) in [5.41, 5.74) is 3.34. The highest BCUT2D eigenvalue weighted by Gasteiger charge is 2.56. The van der Waals surface area contributed by atoms with Gasteiger partial charge in [0.2, 0.25) is 15.4 Å². The summed E-state index contributed by atoms with van der Waals surface area (Å²) in [7, 11) is -4.36. The number of hydrogen-bond acceptors (Lipinski definition) is 8. The van der Waals surface area contributed by atoms with Crippen LogP contribution in [0, 0.1) is 0 Å². The Labute approximate surface area is 186 Å². The van der Waals surface area contributed by atoms with Crippen molar-refractivity contribution in [2.75, 3.05) is 5.73 Å². The minimum atomic E-state index is -5.35. The van der Waals surface area contributed by atoms with Gasteiger partial charge in [-0.25, -0.2) is 13.4 Å². The van der Waals surface area contributed by atoms with Crippen molar-refractivity contribution in [2.24, 2.45) is 0 Å². The van der Waals surface area contributed by atoms with Gasteiger partial charge in [0.15, 0.2) is 5.69 Å². The van der Waals surface area contributed by atoms with E-state index >= 15 is 0 Å². The third-order valence-corrected chi connectivity index (χ3v) is 5.81. The highest BCUT2D eigenvalue weighted by atomic mass is 32.2. The number of hydrazine groups is 1. The van der Waals surface area contributed by atoms with Crippen LogP contribution < -0.4 is 21.3 Å². The molecule has 0 radical (unpaired) electrons. The van der Waals surface area contributed by atoms with E-state index < -0.39 is 66.7 Å². The Morgan fingerprint density at radius 1 is 1.03 bits per heavy atom. The molecule has 0 aliphatic carbocycles. The molecular formula is C17H14F6N4O6S. The Morgan fingerprint density at radius 3 is 2.06 bits per heavy atom. The molecule has 1 atom stereocenters. The number of nitrogen functional groups attached to an aromatic ring is 1. The fraction of sp³-hybridized carbons (Fsp3) is 0.235. The maximum absolute atomic E-state index is 12.6. The first-order valence-electron chi connectivity index (χ1n) is 8.62. The van der Waals surface area contributed by atoms with E-state index in [-0.39, 0.29) is 6.92 Å². The van der Waals surface area contributed by atoms with E-state index in [1.54, 1.807) is 0 Å². The molecule has 0 bridgehead atoms. The van der Waals surface area contributed by atoms with Crippen molar-refractivity contribution < 1.29 is 54.2 Å². The number of nitrogens with two attached hydrogens (primary N) is 1. The first kappa shape index (κ1) is 26.7. The van der Waals surface area contributed by atoms with Crippen molar-refractivity contribution in [3.8, 4) is 5.75 Å². The molecular weight excluding hydrogens is 502 g/mol. The Balaban J connectivity index is 2.19. The summed E-state index contributed by atoms with van der Waals surface area (Å²) >= 11 is 0. The zero-order valence-corrected chi connectivity index (χ0v) is 17.5. The van der Waals surface area contributed by atoms with Crippen molar-refractivity contribution in [3.63, 3.8) is 0 Å². The number of nitrogens with one attached hydrogen (secondary N) is 2. The molecule has 1 heterocycles. The Bertz CT molecular complexity index is 1200. The van der Waals surface area contributed by atoms with Crippen LogP contribution in [-0.2, 0) is 14.6 Å². The molecule has 0 fully saturated rings. The number of anilines is 1. The second kappa shape index (κ2) is 8.98. The van der Waals surface area contributed by atoms with Crippen molar-refractivity contribution in [1.82, 2.24) is 15.8 Å². The van der Waals surface area contributed by atoms with Crippen LogP contribution in [0.25, 0.3) is 0 Å². The summed E-state index contributed by atoms with van der Waals surface area (Å²) in [6, 6.07) is 3.88. The molecule has 10 nitrogen and oxygen atoms in total. The van der Waals surface area contributed by atoms with Crippen molar-refractivity contribution in [1.29, 1.82) is 0 Å². The summed E-state index contributed by atoms with van der Waals surface area (Å²) in [6.07, 6.45) is -9.70. The van der Waals surface area contributed by atoms with E-state index in [0.29, 0.717) is 6.20 Å². The summed E-state index contributed by atoms with van der Waals surface area (Å²) in [5.74, 6) is -4.05. The fourth-order valence-electron chi connectivity index (χ4n) is 2.18. The van der Waals surface area contributed by atoms with Crippen molar-refractivity contribution >= 4 is 27.3 Å². The van der Waals surface area contributed by atoms with E-state index in [0.717, 1.165) is 30.3 Å². The standard InChI is InChI=1S/C17H14F6N4O6S/c1-15(30,16(18,19)20)14(29)27-26-13(28)12-11(24)6-10(7-25-12)34(31,32)9-4-2-8(3-5-9)33-17(21,22)23/h2-7,30H,24H2,1H3,(H,26,28)(H,27,29). The number of carbonyl (C=O) groups is 2. The van der Waals surface area contributed by atoms with E-state index in [9.17, 15) is 49.5 Å². The number of halogens is 6. The van der Waals surface area contributed by atoms with Crippen LogP contribution in [0.15, 0.2) is 46.3 Å². The molecule has 0 saturated heterocycles. The second-order valence-electron chi connectivity index (χ2n) is 6.61. The third-order valence-electron chi connectivity index (χ3n) is 4.07. The first-order chi connectivity index (χ1) is 15.4. The molecule has 2 amide bonds. The Kier molecular flexibility index (Phi) is 7.04.